The summed E-state index contributed by atoms with van der Waals surface area (Å²) in [5.74, 6) is 4.06. The van der Waals surface area contributed by atoms with Crippen molar-refractivity contribution < 1.29 is 33.8 Å². The van der Waals surface area contributed by atoms with E-state index in [9.17, 15) is 29.0 Å². The number of benzene rings is 1. The van der Waals surface area contributed by atoms with Crippen LogP contribution in [0.25, 0.3) is 0 Å². The summed E-state index contributed by atoms with van der Waals surface area (Å²) in [5, 5.41) is 0. The lowest BCUT2D eigenvalue weighted by molar-refractivity contribution is -0.126. The highest BCUT2D eigenvalue weighted by atomic mass is 32.5. The molecule has 1 aliphatic heterocycles. The van der Waals surface area contributed by atoms with Crippen LogP contribution in [0.4, 0.5) is 24.2 Å². The van der Waals surface area contributed by atoms with Crippen LogP contribution in [0.15, 0.2) is 29.2 Å². The average molecular weight is 440 g/mol. The first-order chi connectivity index (χ1) is 12.9. The van der Waals surface area contributed by atoms with Crippen molar-refractivity contribution in [3.63, 3.8) is 0 Å². The van der Waals surface area contributed by atoms with Gasteiger partial charge in [0.2, 0.25) is 0 Å². The summed E-state index contributed by atoms with van der Waals surface area (Å²) < 4.78 is 68.7. The molecule has 0 bridgehead atoms. The lowest BCUT2D eigenvalue weighted by atomic mass is 10.2. The fourth-order valence-corrected chi connectivity index (χ4v) is 3.07. The van der Waals surface area contributed by atoms with E-state index in [4.69, 9.17) is 4.74 Å². The van der Waals surface area contributed by atoms with Gasteiger partial charge in [-0.15, -0.1) is 0 Å². The highest BCUT2D eigenvalue weighted by Crippen LogP contribution is 3.02. The summed E-state index contributed by atoms with van der Waals surface area (Å²) in [4.78, 5) is 24.9. The molecule has 1 saturated heterocycles. The Morgan fingerprint density at radius 2 is 1.41 bits per heavy atom. The van der Waals surface area contributed by atoms with Gasteiger partial charge in [0.05, 0.1) is 0 Å². The zero-order valence-corrected chi connectivity index (χ0v) is 16.9. The molecule has 0 unspecified atom stereocenters. The van der Waals surface area contributed by atoms with E-state index in [2.05, 4.69) is 11.8 Å². The normalized spacial score (nSPS) is 17.5. The second kappa shape index (κ2) is 6.79. The van der Waals surface area contributed by atoms with Crippen molar-refractivity contribution in [2.45, 2.75) is 31.3 Å². The number of nitrogens with zero attached hydrogens (tertiary/aromatic N) is 2. The molecule has 0 aliphatic carbocycles. The Morgan fingerprint density at radius 3 is 1.86 bits per heavy atom. The van der Waals surface area contributed by atoms with Gasteiger partial charge in [0.15, 0.2) is 0 Å². The number of carbonyl (C=O) groups excluding carboxylic acids is 2. The maximum absolute atomic E-state index is 12.7. The minimum absolute atomic E-state index is 0.00339. The van der Waals surface area contributed by atoms with Crippen molar-refractivity contribution in [2.24, 2.45) is 0 Å². The standard InChI is InChI=1S/C18H21F5N2O3S/c1-18(2,3)28-17(27)25-12-10-24(11-13-25)16(26)9-6-14-4-7-15(8-5-14)29(19,20,21,22)23/h4-5,7-8H,10-13H2,1-3H3. The van der Waals surface area contributed by atoms with Gasteiger partial charge in [0.1, 0.15) is 10.5 Å². The van der Waals surface area contributed by atoms with Crippen LogP contribution in [0.1, 0.15) is 26.3 Å². The molecule has 5 nitrogen and oxygen atoms in total. The molecule has 2 amide bonds. The summed E-state index contributed by atoms with van der Waals surface area (Å²) in [6, 6.07) is 2.06. The van der Waals surface area contributed by atoms with Crippen molar-refractivity contribution >= 4 is 22.2 Å². The molecule has 0 aromatic heterocycles. The molecule has 1 fully saturated rings. The van der Waals surface area contributed by atoms with E-state index in [1.165, 1.54) is 9.80 Å². The molecular formula is C18H21F5N2O3S. The quantitative estimate of drug-likeness (QED) is 0.467. The summed E-state index contributed by atoms with van der Waals surface area (Å²) in [6.45, 7) is 6.16. The molecule has 0 atom stereocenters. The van der Waals surface area contributed by atoms with Crippen LogP contribution < -0.4 is 0 Å². The molecular weight excluding hydrogens is 419 g/mol. The SMILES string of the molecule is CC(C)(C)OC(=O)N1CCN(C(=O)C#Cc2ccc(S(F)(F)(F)(F)F)cc2)CC1. The van der Waals surface area contributed by atoms with Gasteiger partial charge in [-0.05, 0) is 45.0 Å². The van der Waals surface area contributed by atoms with Crippen molar-refractivity contribution in [1.82, 2.24) is 9.80 Å². The third kappa shape index (κ3) is 6.81. The zero-order chi connectivity index (χ0) is 22.2. The van der Waals surface area contributed by atoms with E-state index >= 15 is 0 Å². The monoisotopic (exact) mass is 440 g/mol. The van der Waals surface area contributed by atoms with Crippen molar-refractivity contribution in [3.8, 4) is 11.8 Å². The largest absolute Gasteiger partial charge is 0.444 e. The van der Waals surface area contributed by atoms with Gasteiger partial charge in [-0.1, -0.05) is 25.3 Å². The Labute approximate surface area is 165 Å². The zero-order valence-electron chi connectivity index (χ0n) is 16.1. The lowest BCUT2D eigenvalue weighted by Crippen LogP contribution is -2.51. The molecule has 0 radical (unpaired) electrons. The fourth-order valence-electron chi connectivity index (χ4n) is 2.42. The van der Waals surface area contributed by atoms with E-state index in [1.54, 1.807) is 20.8 Å². The molecule has 162 valence electrons. The highest BCUT2D eigenvalue weighted by Gasteiger charge is 2.65. The van der Waals surface area contributed by atoms with E-state index in [0.29, 0.717) is 0 Å². The third-order valence-electron chi connectivity index (χ3n) is 3.83. The number of ether oxygens (including phenoxy) is 1. The summed E-state index contributed by atoms with van der Waals surface area (Å²) in [6.07, 6.45) is -0.486. The van der Waals surface area contributed by atoms with Gasteiger partial charge in [-0.25, -0.2) is 4.79 Å². The smallest absolute Gasteiger partial charge is 0.410 e. The first-order valence-electron chi connectivity index (χ1n) is 8.58. The van der Waals surface area contributed by atoms with Crippen LogP contribution in [-0.2, 0) is 9.53 Å². The number of carbonyl (C=O) groups is 2. The Bertz CT molecular complexity index is 860. The predicted octanol–water partition coefficient (Wildman–Crippen LogP) is 4.77. The van der Waals surface area contributed by atoms with Crippen LogP contribution in [0.5, 0.6) is 0 Å². The topological polar surface area (TPSA) is 49.9 Å². The number of halogens is 5. The van der Waals surface area contributed by atoms with Crippen LogP contribution in [0, 0.1) is 11.8 Å². The van der Waals surface area contributed by atoms with Crippen LogP contribution in [0.2, 0.25) is 0 Å². The maximum atomic E-state index is 12.7. The van der Waals surface area contributed by atoms with Gasteiger partial charge in [-0.2, -0.15) is 0 Å². The molecule has 0 saturated carbocycles. The number of hydrogen-bond acceptors (Lipinski definition) is 3. The summed E-state index contributed by atoms with van der Waals surface area (Å²) in [5.41, 5.74) is -0.639. The Kier molecular flexibility index (Phi) is 5.34. The molecule has 11 heteroatoms. The Balaban J connectivity index is 1.96. The number of piperazine rings is 1. The number of hydrogen-bond donors (Lipinski definition) is 0. The van der Waals surface area contributed by atoms with Crippen LogP contribution >= 0.6 is 10.2 Å². The molecule has 29 heavy (non-hydrogen) atoms. The van der Waals surface area contributed by atoms with E-state index in [-0.39, 0.29) is 43.9 Å². The average Bonchev–Trinajstić information content (AvgIpc) is 2.56. The van der Waals surface area contributed by atoms with Crippen molar-refractivity contribution in [1.29, 1.82) is 0 Å². The highest BCUT2D eigenvalue weighted by molar-refractivity contribution is 8.45. The molecule has 1 aliphatic rings. The first kappa shape index (κ1) is 22.8. The molecule has 0 spiro atoms. The second-order valence-corrected chi connectivity index (χ2v) is 9.91. The lowest BCUT2D eigenvalue weighted by Gasteiger charge is -2.40. The molecule has 1 aromatic rings. The predicted molar refractivity (Wildman–Crippen MR) is 99.1 cm³/mol. The van der Waals surface area contributed by atoms with Crippen LogP contribution in [0.3, 0.4) is 0 Å². The fraction of sp³-hybridized carbons (Fsp3) is 0.444. The summed E-state index contributed by atoms with van der Waals surface area (Å²) >= 11 is 0. The van der Waals surface area contributed by atoms with E-state index in [1.807, 2.05) is 0 Å². The Morgan fingerprint density at radius 1 is 0.931 bits per heavy atom. The minimum atomic E-state index is -9.73. The van der Waals surface area contributed by atoms with Gasteiger partial charge in [-0.3, -0.25) is 4.79 Å². The Hall–Kier alpha value is -2.48. The van der Waals surface area contributed by atoms with Gasteiger partial charge < -0.3 is 14.5 Å². The van der Waals surface area contributed by atoms with Gasteiger partial charge in [0, 0.05) is 37.7 Å². The number of amides is 2. The minimum Gasteiger partial charge on any atom is -0.444 e. The van der Waals surface area contributed by atoms with Crippen molar-refractivity contribution in [2.75, 3.05) is 26.2 Å². The molecule has 1 aromatic carbocycles. The van der Waals surface area contributed by atoms with Gasteiger partial charge in [0.25, 0.3) is 5.91 Å². The molecule has 1 heterocycles. The second-order valence-electron chi connectivity index (χ2n) is 7.50. The number of rotatable bonds is 1. The van der Waals surface area contributed by atoms with Crippen molar-refractivity contribution in [3.05, 3.63) is 29.8 Å². The molecule has 2 rings (SSSR count). The van der Waals surface area contributed by atoms with E-state index < -0.39 is 32.7 Å². The van der Waals surface area contributed by atoms with Gasteiger partial charge >= 0.3 is 16.3 Å². The summed E-state index contributed by atoms with van der Waals surface area (Å²) in [7, 11) is -9.73. The first-order valence-corrected chi connectivity index (χ1v) is 10.5. The van der Waals surface area contributed by atoms with Crippen LogP contribution in [-0.4, -0.2) is 53.6 Å². The third-order valence-corrected chi connectivity index (χ3v) is 5.00. The van der Waals surface area contributed by atoms with E-state index in [0.717, 1.165) is 12.1 Å². The molecule has 0 N–H and O–H groups in total. The maximum Gasteiger partial charge on any atom is 0.410 e.